The maximum Gasteiger partial charge on any atom is 0.129 e. The van der Waals surface area contributed by atoms with E-state index in [2.05, 4.69) is 5.32 Å². The van der Waals surface area contributed by atoms with Crippen LogP contribution >= 0.6 is 0 Å². The third-order valence-corrected chi connectivity index (χ3v) is 3.74. The maximum atomic E-state index is 13.8. The van der Waals surface area contributed by atoms with E-state index in [0.717, 1.165) is 23.2 Å². The lowest BCUT2D eigenvalue weighted by molar-refractivity contribution is 0.595. The van der Waals surface area contributed by atoms with Gasteiger partial charge in [0.1, 0.15) is 11.6 Å². The molecule has 2 aromatic rings. The van der Waals surface area contributed by atoms with Crippen LogP contribution < -0.4 is 5.32 Å². The third kappa shape index (κ3) is 3.30. The van der Waals surface area contributed by atoms with Crippen LogP contribution in [0, 0.1) is 32.4 Å². The van der Waals surface area contributed by atoms with E-state index in [0.29, 0.717) is 11.1 Å². The van der Waals surface area contributed by atoms with Gasteiger partial charge in [0.25, 0.3) is 0 Å². The van der Waals surface area contributed by atoms with E-state index < -0.39 is 0 Å². The van der Waals surface area contributed by atoms with Crippen LogP contribution in [0.3, 0.4) is 0 Å². The van der Waals surface area contributed by atoms with Crippen LogP contribution in [0.4, 0.5) is 8.78 Å². The molecule has 0 heterocycles. The minimum atomic E-state index is -0.238. The summed E-state index contributed by atoms with van der Waals surface area (Å²) in [5, 5.41) is 3.40. The molecule has 0 aliphatic rings. The van der Waals surface area contributed by atoms with Crippen molar-refractivity contribution in [2.24, 2.45) is 0 Å². The standard InChI is InChI=1S/C18H21F2N/c1-5-21-18(16-7-6-15(19)10-11(16)2)14-8-12(3)17(20)13(4)9-14/h6-10,18,21H,5H2,1-4H3. The summed E-state index contributed by atoms with van der Waals surface area (Å²) in [6.45, 7) is 8.23. The maximum absolute atomic E-state index is 13.8. The fourth-order valence-electron chi connectivity index (χ4n) is 2.72. The highest BCUT2D eigenvalue weighted by atomic mass is 19.1. The van der Waals surface area contributed by atoms with Gasteiger partial charge in [-0.05, 0) is 67.3 Å². The van der Waals surface area contributed by atoms with E-state index in [4.69, 9.17) is 0 Å². The lowest BCUT2D eigenvalue weighted by atomic mass is 9.92. The molecule has 1 unspecified atom stereocenters. The zero-order chi connectivity index (χ0) is 15.6. The Labute approximate surface area is 125 Å². The summed E-state index contributed by atoms with van der Waals surface area (Å²) < 4.78 is 27.1. The first-order valence-electron chi connectivity index (χ1n) is 7.20. The summed E-state index contributed by atoms with van der Waals surface area (Å²) in [5.41, 5.74) is 4.17. The van der Waals surface area contributed by atoms with Crippen LogP contribution in [0.25, 0.3) is 0 Å². The number of benzene rings is 2. The Morgan fingerprint density at radius 1 is 0.952 bits per heavy atom. The molecule has 0 aliphatic carbocycles. The molecule has 0 aliphatic heterocycles. The van der Waals surface area contributed by atoms with Crippen molar-refractivity contribution in [2.75, 3.05) is 6.54 Å². The Hall–Kier alpha value is -1.74. The number of rotatable bonds is 4. The zero-order valence-corrected chi connectivity index (χ0v) is 12.9. The van der Waals surface area contributed by atoms with E-state index in [-0.39, 0.29) is 17.7 Å². The molecule has 3 heteroatoms. The Morgan fingerprint density at radius 2 is 1.57 bits per heavy atom. The molecule has 0 spiro atoms. The SMILES string of the molecule is CCNC(c1cc(C)c(F)c(C)c1)c1ccc(F)cc1C. The molecular weight excluding hydrogens is 268 g/mol. The number of aryl methyl sites for hydroxylation is 3. The first-order valence-corrected chi connectivity index (χ1v) is 7.20. The van der Waals surface area contributed by atoms with E-state index in [9.17, 15) is 8.78 Å². The third-order valence-electron chi connectivity index (χ3n) is 3.74. The van der Waals surface area contributed by atoms with Crippen molar-refractivity contribution in [2.45, 2.75) is 33.7 Å². The molecule has 0 saturated heterocycles. The zero-order valence-electron chi connectivity index (χ0n) is 12.9. The van der Waals surface area contributed by atoms with E-state index in [1.165, 1.54) is 12.1 Å². The van der Waals surface area contributed by atoms with Crippen LogP contribution in [0.2, 0.25) is 0 Å². The second kappa shape index (κ2) is 6.35. The normalized spacial score (nSPS) is 12.5. The van der Waals surface area contributed by atoms with Gasteiger partial charge in [-0.25, -0.2) is 8.78 Å². The van der Waals surface area contributed by atoms with Crippen LogP contribution in [-0.2, 0) is 0 Å². The molecule has 1 atom stereocenters. The second-order valence-electron chi connectivity index (χ2n) is 5.46. The van der Waals surface area contributed by atoms with Gasteiger partial charge in [-0.2, -0.15) is 0 Å². The molecule has 0 amide bonds. The lowest BCUT2D eigenvalue weighted by Crippen LogP contribution is -2.23. The summed E-state index contributed by atoms with van der Waals surface area (Å²) in [7, 11) is 0. The van der Waals surface area contributed by atoms with Crippen molar-refractivity contribution < 1.29 is 8.78 Å². The number of halogens is 2. The highest BCUT2D eigenvalue weighted by Crippen LogP contribution is 2.28. The summed E-state index contributed by atoms with van der Waals surface area (Å²) in [5.74, 6) is -0.400. The smallest absolute Gasteiger partial charge is 0.129 e. The van der Waals surface area contributed by atoms with Gasteiger partial charge < -0.3 is 5.32 Å². The van der Waals surface area contributed by atoms with Gasteiger partial charge in [0.15, 0.2) is 0 Å². The quantitative estimate of drug-likeness (QED) is 0.868. The molecule has 0 bridgehead atoms. The molecule has 0 aromatic heterocycles. The molecular formula is C18H21F2N. The van der Waals surface area contributed by atoms with Crippen LogP contribution in [0.1, 0.15) is 40.8 Å². The van der Waals surface area contributed by atoms with Crippen LogP contribution in [-0.4, -0.2) is 6.54 Å². The van der Waals surface area contributed by atoms with E-state index >= 15 is 0 Å². The van der Waals surface area contributed by atoms with E-state index in [1.54, 1.807) is 19.9 Å². The highest BCUT2D eigenvalue weighted by molar-refractivity contribution is 5.40. The predicted molar refractivity (Wildman–Crippen MR) is 82.5 cm³/mol. The van der Waals surface area contributed by atoms with Crippen molar-refractivity contribution >= 4 is 0 Å². The highest BCUT2D eigenvalue weighted by Gasteiger charge is 2.17. The van der Waals surface area contributed by atoms with Gasteiger partial charge in [0, 0.05) is 0 Å². The van der Waals surface area contributed by atoms with Gasteiger partial charge in [-0.15, -0.1) is 0 Å². The van der Waals surface area contributed by atoms with Crippen molar-refractivity contribution in [3.05, 3.63) is 69.8 Å². The summed E-state index contributed by atoms with van der Waals surface area (Å²) >= 11 is 0. The monoisotopic (exact) mass is 289 g/mol. The molecule has 1 N–H and O–H groups in total. The lowest BCUT2D eigenvalue weighted by Gasteiger charge is -2.22. The van der Waals surface area contributed by atoms with Crippen LogP contribution in [0.5, 0.6) is 0 Å². The van der Waals surface area contributed by atoms with Gasteiger partial charge in [0.05, 0.1) is 6.04 Å². The Morgan fingerprint density at radius 3 is 2.10 bits per heavy atom. The molecule has 21 heavy (non-hydrogen) atoms. The Bertz CT molecular complexity index is 627. The average Bonchev–Trinajstić information content (AvgIpc) is 2.42. The Kier molecular flexibility index (Phi) is 4.73. The number of nitrogens with one attached hydrogen (secondary N) is 1. The van der Waals surface area contributed by atoms with Gasteiger partial charge >= 0.3 is 0 Å². The largest absolute Gasteiger partial charge is 0.307 e. The van der Waals surface area contributed by atoms with Gasteiger partial charge in [-0.3, -0.25) is 0 Å². The fraction of sp³-hybridized carbons (Fsp3) is 0.333. The topological polar surface area (TPSA) is 12.0 Å². The van der Waals surface area contributed by atoms with Crippen LogP contribution in [0.15, 0.2) is 30.3 Å². The van der Waals surface area contributed by atoms with Gasteiger partial charge in [0.2, 0.25) is 0 Å². The molecule has 112 valence electrons. The van der Waals surface area contributed by atoms with Crippen molar-refractivity contribution in [3.63, 3.8) is 0 Å². The molecule has 0 saturated carbocycles. The second-order valence-corrected chi connectivity index (χ2v) is 5.46. The van der Waals surface area contributed by atoms with E-state index in [1.807, 2.05) is 26.0 Å². The predicted octanol–water partition coefficient (Wildman–Crippen LogP) is 4.59. The van der Waals surface area contributed by atoms with Gasteiger partial charge in [-0.1, -0.05) is 25.1 Å². The minimum absolute atomic E-state index is 0.0615. The molecule has 2 rings (SSSR count). The summed E-state index contributed by atoms with van der Waals surface area (Å²) in [6.07, 6.45) is 0. The molecule has 0 fully saturated rings. The minimum Gasteiger partial charge on any atom is -0.307 e. The molecule has 2 aromatic carbocycles. The summed E-state index contributed by atoms with van der Waals surface area (Å²) in [6, 6.07) is 8.45. The average molecular weight is 289 g/mol. The summed E-state index contributed by atoms with van der Waals surface area (Å²) in [4.78, 5) is 0. The van der Waals surface area contributed by atoms with Crippen molar-refractivity contribution in [1.82, 2.24) is 5.32 Å². The number of hydrogen-bond acceptors (Lipinski definition) is 1. The molecule has 1 nitrogen and oxygen atoms in total. The first-order chi connectivity index (χ1) is 9.93. The number of hydrogen-bond donors (Lipinski definition) is 1. The Balaban J connectivity index is 2.53. The van der Waals surface area contributed by atoms with Crippen molar-refractivity contribution in [1.29, 1.82) is 0 Å². The fourth-order valence-corrected chi connectivity index (χ4v) is 2.72. The first kappa shape index (κ1) is 15.6. The molecule has 0 radical (unpaired) electrons. The van der Waals surface area contributed by atoms with Crippen molar-refractivity contribution in [3.8, 4) is 0 Å².